The Balaban J connectivity index is 1.49. The Bertz CT molecular complexity index is 659. The molecule has 2 atom stereocenters. The lowest BCUT2D eigenvalue weighted by atomic mass is 9.82. The van der Waals surface area contributed by atoms with Crippen LogP contribution in [0, 0.1) is 0 Å². The van der Waals surface area contributed by atoms with Crippen molar-refractivity contribution in [1.29, 1.82) is 0 Å². The van der Waals surface area contributed by atoms with Crippen LogP contribution in [0.4, 0.5) is 4.79 Å². The van der Waals surface area contributed by atoms with Crippen LogP contribution in [0.5, 0.6) is 0 Å². The zero-order chi connectivity index (χ0) is 18.0. The Morgan fingerprint density at radius 2 is 1.72 bits per heavy atom. The van der Waals surface area contributed by atoms with Crippen molar-refractivity contribution in [3.63, 3.8) is 0 Å². The number of hydrogen-bond donors (Lipinski definition) is 1. The number of piperidine rings is 1. The van der Waals surface area contributed by atoms with Gasteiger partial charge in [-0.1, -0.05) is 0 Å². The first-order valence-corrected chi connectivity index (χ1v) is 9.09. The molecule has 2 unspecified atom stereocenters. The maximum absolute atomic E-state index is 11.4. The summed E-state index contributed by atoms with van der Waals surface area (Å²) in [5.74, 6) is 0. The maximum Gasteiger partial charge on any atom is 0.498 e. The summed E-state index contributed by atoms with van der Waals surface area (Å²) in [4.78, 5) is 13.1. The van der Waals surface area contributed by atoms with Crippen molar-refractivity contribution in [1.82, 2.24) is 14.7 Å². The molecule has 0 saturated carbocycles. The van der Waals surface area contributed by atoms with E-state index in [1.165, 1.54) is 0 Å². The van der Waals surface area contributed by atoms with Gasteiger partial charge in [0.15, 0.2) is 0 Å². The molecular formula is C17H26BN3O4. The van der Waals surface area contributed by atoms with Gasteiger partial charge in [0.2, 0.25) is 0 Å². The van der Waals surface area contributed by atoms with Crippen LogP contribution in [0.25, 0.3) is 0 Å². The fourth-order valence-corrected chi connectivity index (χ4v) is 4.33. The number of carbonyl (C=O) groups is 1. The molecule has 0 aliphatic carbocycles. The van der Waals surface area contributed by atoms with E-state index < -0.39 is 13.2 Å². The van der Waals surface area contributed by atoms with Gasteiger partial charge in [-0.15, -0.1) is 0 Å². The van der Waals surface area contributed by atoms with Crippen LogP contribution in [0.3, 0.4) is 0 Å². The zero-order valence-corrected chi connectivity index (χ0v) is 15.3. The zero-order valence-electron chi connectivity index (χ0n) is 15.3. The molecule has 0 radical (unpaired) electrons. The Hall–Kier alpha value is -1.54. The van der Waals surface area contributed by atoms with Crippen molar-refractivity contribution in [3.8, 4) is 0 Å². The van der Waals surface area contributed by atoms with Gasteiger partial charge in [-0.05, 0) is 53.4 Å². The van der Waals surface area contributed by atoms with Gasteiger partial charge in [0.1, 0.15) is 0 Å². The highest BCUT2D eigenvalue weighted by atomic mass is 16.7. The maximum atomic E-state index is 11.4. The fraction of sp³-hybridized carbons (Fsp3) is 0.765. The molecule has 4 rings (SSSR count). The summed E-state index contributed by atoms with van der Waals surface area (Å²) in [7, 11) is -0.408. The monoisotopic (exact) mass is 347 g/mol. The summed E-state index contributed by atoms with van der Waals surface area (Å²) in [6, 6.07) is 0.473. The van der Waals surface area contributed by atoms with Gasteiger partial charge in [-0.2, -0.15) is 5.10 Å². The number of fused-ring (bicyclic) bond motifs is 2. The fourth-order valence-electron chi connectivity index (χ4n) is 4.33. The predicted molar refractivity (Wildman–Crippen MR) is 92.9 cm³/mol. The van der Waals surface area contributed by atoms with Crippen LogP contribution in [0.15, 0.2) is 12.4 Å². The smallest absolute Gasteiger partial charge is 0.465 e. The Labute approximate surface area is 148 Å². The van der Waals surface area contributed by atoms with Crippen molar-refractivity contribution in [2.75, 3.05) is 0 Å². The molecule has 3 saturated heterocycles. The lowest BCUT2D eigenvalue weighted by Gasteiger charge is -2.37. The first-order chi connectivity index (χ1) is 11.7. The molecule has 3 aliphatic rings. The van der Waals surface area contributed by atoms with Gasteiger partial charge in [0, 0.05) is 29.9 Å². The van der Waals surface area contributed by atoms with Crippen LogP contribution >= 0.6 is 0 Å². The summed E-state index contributed by atoms with van der Waals surface area (Å²) >= 11 is 0. The summed E-state index contributed by atoms with van der Waals surface area (Å²) in [5, 5.41) is 13.9. The molecule has 8 heteroatoms. The average molecular weight is 347 g/mol. The summed E-state index contributed by atoms with van der Waals surface area (Å²) in [6.45, 7) is 8.15. The number of nitrogens with zero attached hydrogens (tertiary/aromatic N) is 3. The summed E-state index contributed by atoms with van der Waals surface area (Å²) < 4.78 is 14.2. The molecule has 25 heavy (non-hydrogen) atoms. The molecule has 7 nitrogen and oxygen atoms in total. The van der Waals surface area contributed by atoms with Crippen molar-refractivity contribution < 1.29 is 19.2 Å². The van der Waals surface area contributed by atoms with Crippen LogP contribution in [-0.4, -0.2) is 56.3 Å². The summed E-state index contributed by atoms with van der Waals surface area (Å²) in [5.41, 5.74) is 0.184. The molecule has 3 fully saturated rings. The first-order valence-electron chi connectivity index (χ1n) is 9.09. The molecule has 0 aromatic carbocycles. The van der Waals surface area contributed by atoms with E-state index in [4.69, 9.17) is 9.31 Å². The molecule has 2 bridgehead atoms. The predicted octanol–water partition coefficient (Wildman–Crippen LogP) is 2.03. The SMILES string of the molecule is CC1(C)OB(c2cnn(C3CC4CCC(C3)N4C(=O)O)c2)OC1(C)C. The molecule has 0 spiro atoms. The van der Waals surface area contributed by atoms with Crippen molar-refractivity contribution >= 4 is 18.7 Å². The second-order valence-electron chi connectivity index (χ2n) is 8.54. The Morgan fingerprint density at radius 1 is 1.16 bits per heavy atom. The van der Waals surface area contributed by atoms with E-state index in [0.717, 1.165) is 31.1 Å². The summed E-state index contributed by atoms with van der Waals surface area (Å²) in [6.07, 6.45) is 6.60. The van der Waals surface area contributed by atoms with E-state index in [0.29, 0.717) is 0 Å². The Kier molecular flexibility index (Phi) is 3.71. The van der Waals surface area contributed by atoms with E-state index in [-0.39, 0.29) is 29.3 Å². The average Bonchev–Trinajstić information content (AvgIpc) is 3.14. The van der Waals surface area contributed by atoms with E-state index in [1.807, 2.05) is 44.8 Å². The van der Waals surface area contributed by atoms with Crippen molar-refractivity contribution in [2.45, 2.75) is 82.7 Å². The van der Waals surface area contributed by atoms with E-state index >= 15 is 0 Å². The minimum Gasteiger partial charge on any atom is -0.465 e. The van der Waals surface area contributed by atoms with Gasteiger partial charge >= 0.3 is 13.2 Å². The van der Waals surface area contributed by atoms with Gasteiger partial charge in [-0.25, -0.2) is 4.79 Å². The third kappa shape index (κ3) is 2.66. The van der Waals surface area contributed by atoms with Crippen molar-refractivity contribution in [2.24, 2.45) is 0 Å². The van der Waals surface area contributed by atoms with Crippen LogP contribution < -0.4 is 5.46 Å². The number of carboxylic acid groups (broad SMARTS) is 1. The molecule has 1 amide bonds. The minimum atomic E-state index is -0.788. The lowest BCUT2D eigenvalue weighted by molar-refractivity contribution is 0.00578. The highest BCUT2D eigenvalue weighted by Gasteiger charge is 2.52. The third-order valence-corrected chi connectivity index (χ3v) is 6.45. The first kappa shape index (κ1) is 16.9. The molecule has 136 valence electrons. The molecule has 4 heterocycles. The highest BCUT2D eigenvalue weighted by Crippen LogP contribution is 2.41. The molecule has 1 aromatic heterocycles. The molecule has 1 aromatic rings. The van der Waals surface area contributed by atoms with Gasteiger partial charge in [-0.3, -0.25) is 4.68 Å². The number of hydrogen-bond acceptors (Lipinski definition) is 4. The van der Waals surface area contributed by atoms with Crippen LogP contribution in [0.2, 0.25) is 0 Å². The van der Waals surface area contributed by atoms with E-state index in [9.17, 15) is 9.90 Å². The quantitative estimate of drug-likeness (QED) is 0.829. The second-order valence-corrected chi connectivity index (χ2v) is 8.54. The topological polar surface area (TPSA) is 76.8 Å². The van der Waals surface area contributed by atoms with Crippen LogP contribution in [-0.2, 0) is 9.31 Å². The van der Waals surface area contributed by atoms with Crippen molar-refractivity contribution in [3.05, 3.63) is 12.4 Å². The normalized spacial score (nSPS) is 33.0. The number of amides is 1. The van der Waals surface area contributed by atoms with Gasteiger partial charge < -0.3 is 19.3 Å². The molecule has 3 aliphatic heterocycles. The van der Waals surface area contributed by atoms with Gasteiger partial charge in [0.05, 0.1) is 17.2 Å². The lowest BCUT2D eigenvalue weighted by Crippen LogP contribution is -2.46. The minimum absolute atomic E-state index is 0.116. The van der Waals surface area contributed by atoms with E-state index in [1.54, 1.807) is 4.90 Å². The Morgan fingerprint density at radius 3 is 2.24 bits per heavy atom. The molecule has 1 N–H and O–H groups in total. The van der Waals surface area contributed by atoms with Crippen LogP contribution in [0.1, 0.15) is 59.4 Å². The van der Waals surface area contributed by atoms with Gasteiger partial charge in [0.25, 0.3) is 0 Å². The standard InChI is InChI=1S/C17H26BN3O4/c1-16(2)17(3,4)25-18(24-16)11-9-19-20(10-11)14-7-12-5-6-13(8-14)21(12)15(22)23/h9-10,12-14H,5-8H2,1-4H3,(H,22,23). The van der Waals surface area contributed by atoms with E-state index in [2.05, 4.69) is 5.10 Å². The third-order valence-electron chi connectivity index (χ3n) is 6.45. The number of aromatic nitrogens is 2. The molecular weight excluding hydrogens is 321 g/mol. The second kappa shape index (κ2) is 5.48. The number of rotatable bonds is 2. The largest absolute Gasteiger partial charge is 0.498 e. The highest BCUT2D eigenvalue weighted by molar-refractivity contribution is 6.62.